The van der Waals surface area contributed by atoms with Crippen LogP contribution in [0.5, 0.6) is 0 Å². The zero-order valence-corrected chi connectivity index (χ0v) is 6.85. The van der Waals surface area contributed by atoms with E-state index in [-0.39, 0.29) is 5.92 Å². The van der Waals surface area contributed by atoms with Crippen LogP contribution in [0, 0.1) is 23.0 Å². The number of fused-ring (bicyclic) bond motifs is 1. The van der Waals surface area contributed by atoms with Crippen molar-refractivity contribution in [2.45, 2.75) is 18.8 Å². The lowest BCUT2D eigenvalue weighted by molar-refractivity contribution is 0.574. The van der Waals surface area contributed by atoms with Crippen molar-refractivity contribution in [2.24, 2.45) is 0 Å². The summed E-state index contributed by atoms with van der Waals surface area (Å²) in [5.74, 6) is -1.45. The predicted octanol–water partition coefficient (Wildman–Crippen LogP) is 2.52. The summed E-state index contributed by atoms with van der Waals surface area (Å²) in [5.41, 5.74) is 1.04. The van der Waals surface area contributed by atoms with Crippen molar-refractivity contribution in [3.05, 3.63) is 34.9 Å². The molecule has 0 aromatic heterocycles. The second-order valence-electron chi connectivity index (χ2n) is 3.18. The second kappa shape index (κ2) is 2.81. The summed E-state index contributed by atoms with van der Waals surface area (Å²) in [6.45, 7) is 0. The molecular weight excluding hydrogens is 172 g/mol. The van der Waals surface area contributed by atoms with Crippen LogP contribution in [0.25, 0.3) is 0 Å². The normalized spacial score (nSPS) is 19.6. The van der Waals surface area contributed by atoms with Gasteiger partial charge in [-0.25, -0.2) is 8.78 Å². The van der Waals surface area contributed by atoms with Gasteiger partial charge >= 0.3 is 0 Å². The van der Waals surface area contributed by atoms with E-state index in [2.05, 4.69) is 0 Å². The molecule has 0 bridgehead atoms. The summed E-state index contributed by atoms with van der Waals surface area (Å²) in [6, 6.07) is 4.18. The van der Waals surface area contributed by atoms with E-state index in [4.69, 9.17) is 5.26 Å². The van der Waals surface area contributed by atoms with Gasteiger partial charge in [-0.3, -0.25) is 0 Å². The molecule has 0 amide bonds. The van der Waals surface area contributed by atoms with Gasteiger partial charge in [-0.15, -0.1) is 0 Å². The summed E-state index contributed by atoms with van der Waals surface area (Å²) in [7, 11) is 0. The molecule has 1 aromatic rings. The number of nitriles is 1. The first-order chi connectivity index (χ1) is 6.22. The molecule has 0 radical (unpaired) electrons. The number of benzene rings is 1. The molecule has 1 aromatic carbocycles. The maximum absolute atomic E-state index is 13.1. The van der Waals surface area contributed by atoms with Crippen molar-refractivity contribution in [3.63, 3.8) is 0 Å². The Labute approximate surface area is 74.6 Å². The van der Waals surface area contributed by atoms with Crippen LogP contribution in [0.4, 0.5) is 8.78 Å². The predicted molar refractivity (Wildman–Crippen MR) is 43.0 cm³/mol. The molecule has 3 heteroatoms. The highest BCUT2D eigenvalue weighted by molar-refractivity contribution is 5.39. The molecule has 0 saturated carbocycles. The topological polar surface area (TPSA) is 23.8 Å². The first-order valence-electron chi connectivity index (χ1n) is 4.10. The molecule has 0 heterocycles. The van der Waals surface area contributed by atoms with Crippen LogP contribution in [0.2, 0.25) is 0 Å². The lowest BCUT2D eigenvalue weighted by Gasteiger charge is -2.02. The lowest BCUT2D eigenvalue weighted by atomic mass is 10.0. The van der Waals surface area contributed by atoms with Crippen molar-refractivity contribution in [3.8, 4) is 6.07 Å². The lowest BCUT2D eigenvalue weighted by Crippen LogP contribution is -1.93. The molecule has 66 valence electrons. The minimum Gasteiger partial charge on any atom is -0.207 e. The maximum atomic E-state index is 13.1. The molecule has 2 rings (SSSR count). The smallest absolute Gasteiger partial charge is 0.129 e. The molecule has 0 fully saturated rings. The highest BCUT2D eigenvalue weighted by Gasteiger charge is 2.25. The van der Waals surface area contributed by atoms with Crippen molar-refractivity contribution >= 4 is 0 Å². The van der Waals surface area contributed by atoms with Crippen LogP contribution in [0.15, 0.2) is 12.1 Å². The Morgan fingerprint density at radius 1 is 1.38 bits per heavy atom. The Morgan fingerprint density at radius 3 is 2.85 bits per heavy atom. The summed E-state index contributed by atoms with van der Waals surface area (Å²) < 4.78 is 25.9. The van der Waals surface area contributed by atoms with E-state index in [0.717, 1.165) is 6.07 Å². The van der Waals surface area contributed by atoms with Crippen LogP contribution in [-0.4, -0.2) is 0 Å². The Bertz CT molecular complexity index is 393. The quantitative estimate of drug-likeness (QED) is 0.600. The molecule has 0 saturated heterocycles. The number of hydrogen-bond donors (Lipinski definition) is 0. The summed E-state index contributed by atoms with van der Waals surface area (Å²) in [4.78, 5) is 0. The number of halogens is 2. The van der Waals surface area contributed by atoms with Crippen molar-refractivity contribution < 1.29 is 8.78 Å². The monoisotopic (exact) mass is 179 g/mol. The van der Waals surface area contributed by atoms with Gasteiger partial charge in [0.25, 0.3) is 0 Å². The zero-order chi connectivity index (χ0) is 9.42. The number of rotatable bonds is 0. The minimum absolute atomic E-state index is 0.333. The maximum Gasteiger partial charge on any atom is 0.129 e. The fraction of sp³-hybridized carbons (Fsp3) is 0.300. The Hall–Kier alpha value is -1.43. The summed E-state index contributed by atoms with van der Waals surface area (Å²) in [5, 5.41) is 8.70. The Morgan fingerprint density at radius 2 is 2.15 bits per heavy atom. The molecule has 1 atom stereocenters. The van der Waals surface area contributed by atoms with E-state index in [9.17, 15) is 8.78 Å². The first-order valence-corrected chi connectivity index (χ1v) is 4.10. The molecule has 1 nitrogen and oxygen atoms in total. The van der Waals surface area contributed by atoms with E-state index < -0.39 is 11.6 Å². The van der Waals surface area contributed by atoms with Gasteiger partial charge in [0.15, 0.2) is 0 Å². The molecule has 13 heavy (non-hydrogen) atoms. The van der Waals surface area contributed by atoms with Gasteiger partial charge < -0.3 is 0 Å². The van der Waals surface area contributed by atoms with Gasteiger partial charge in [0.1, 0.15) is 11.6 Å². The fourth-order valence-electron chi connectivity index (χ4n) is 1.78. The Kier molecular flexibility index (Phi) is 1.77. The van der Waals surface area contributed by atoms with E-state index >= 15 is 0 Å². The van der Waals surface area contributed by atoms with E-state index in [0.29, 0.717) is 24.0 Å². The molecule has 1 aliphatic carbocycles. The van der Waals surface area contributed by atoms with Crippen molar-refractivity contribution in [2.75, 3.05) is 0 Å². The molecule has 0 N–H and O–H groups in total. The molecule has 1 aliphatic rings. The zero-order valence-electron chi connectivity index (χ0n) is 6.85. The van der Waals surface area contributed by atoms with E-state index in [1.807, 2.05) is 6.07 Å². The van der Waals surface area contributed by atoms with Gasteiger partial charge in [0.2, 0.25) is 0 Å². The van der Waals surface area contributed by atoms with Crippen LogP contribution < -0.4 is 0 Å². The van der Waals surface area contributed by atoms with Gasteiger partial charge in [-0.1, -0.05) is 0 Å². The average molecular weight is 179 g/mol. The van der Waals surface area contributed by atoms with Gasteiger partial charge in [0, 0.05) is 6.07 Å². The van der Waals surface area contributed by atoms with Crippen molar-refractivity contribution in [1.29, 1.82) is 5.26 Å². The van der Waals surface area contributed by atoms with Crippen molar-refractivity contribution in [1.82, 2.24) is 0 Å². The third-order valence-corrected chi connectivity index (χ3v) is 2.41. The number of nitrogens with zero attached hydrogens (tertiary/aromatic N) is 1. The molecule has 1 unspecified atom stereocenters. The Balaban J connectivity index is 2.59. The SMILES string of the molecule is N#CC1CCc2c(F)cc(F)cc21. The van der Waals surface area contributed by atoms with Crippen LogP contribution in [0.3, 0.4) is 0 Å². The standard InChI is InChI=1S/C10H7F2N/c11-7-3-9-6(5-13)1-2-8(9)10(12)4-7/h3-4,6H,1-2H2. The minimum atomic E-state index is -0.599. The third-order valence-electron chi connectivity index (χ3n) is 2.41. The van der Waals surface area contributed by atoms with Gasteiger partial charge in [-0.05, 0) is 30.0 Å². The van der Waals surface area contributed by atoms with Crippen LogP contribution >= 0.6 is 0 Å². The second-order valence-corrected chi connectivity index (χ2v) is 3.18. The fourth-order valence-corrected chi connectivity index (χ4v) is 1.78. The van der Waals surface area contributed by atoms with E-state index in [1.165, 1.54) is 6.07 Å². The summed E-state index contributed by atoms with van der Waals surface area (Å²) in [6.07, 6.45) is 1.14. The van der Waals surface area contributed by atoms with E-state index in [1.54, 1.807) is 0 Å². The van der Waals surface area contributed by atoms with Crippen LogP contribution in [0.1, 0.15) is 23.5 Å². The highest BCUT2D eigenvalue weighted by atomic mass is 19.1. The first kappa shape index (κ1) is 8.18. The largest absolute Gasteiger partial charge is 0.207 e. The molecular formula is C10H7F2N. The molecule has 0 spiro atoms. The average Bonchev–Trinajstić information content (AvgIpc) is 2.47. The highest BCUT2D eigenvalue weighted by Crippen LogP contribution is 2.34. The van der Waals surface area contributed by atoms with Crippen LogP contribution in [-0.2, 0) is 6.42 Å². The number of hydrogen-bond acceptors (Lipinski definition) is 1. The summed E-state index contributed by atoms with van der Waals surface area (Å²) >= 11 is 0. The molecule has 0 aliphatic heterocycles. The van der Waals surface area contributed by atoms with Gasteiger partial charge in [-0.2, -0.15) is 5.26 Å². The van der Waals surface area contributed by atoms with Gasteiger partial charge in [0.05, 0.1) is 12.0 Å². The third kappa shape index (κ3) is 1.19.